The Morgan fingerprint density at radius 3 is 2.62 bits per heavy atom. The molecule has 2 fully saturated rings. The maximum atomic E-state index is 5.25. The van der Waals surface area contributed by atoms with Gasteiger partial charge in [-0.15, -0.1) is 0 Å². The van der Waals surface area contributed by atoms with E-state index in [9.17, 15) is 0 Å². The second kappa shape index (κ2) is 5.99. The molecule has 2 saturated heterocycles. The number of likely N-dealkylation sites (tertiary alicyclic amines) is 1. The third-order valence-electron chi connectivity index (χ3n) is 4.12. The lowest BCUT2D eigenvalue weighted by Gasteiger charge is -2.40. The predicted molar refractivity (Wildman–Crippen MR) is 66.6 cm³/mol. The molecule has 16 heavy (non-hydrogen) atoms. The second-order valence-electron chi connectivity index (χ2n) is 5.59. The van der Waals surface area contributed by atoms with Gasteiger partial charge in [-0.1, -0.05) is 6.92 Å². The number of piperidine rings is 2. The van der Waals surface area contributed by atoms with Gasteiger partial charge in [-0.3, -0.25) is 4.90 Å². The van der Waals surface area contributed by atoms with E-state index in [1.165, 1.54) is 45.4 Å². The average Bonchev–Trinajstić information content (AvgIpc) is 2.30. The van der Waals surface area contributed by atoms with Crippen molar-refractivity contribution in [1.82, 2.24) is 10.2 Å². The second-order valence-corrected chi connectivity index (χ2v) is 5.59. The van der Waals surface area contributed by atoms with E-state index in [-0.39, 0.29) is 0 Å². The van der Waals surface area contributed by atoms with Gasteiger partial charge in [0.15, 0.2) is 0 Å². The Labute approximate surface area is 99.5 Å². The summed E-state index contributed by atoms with van der Waals surface area (Å²) in [4.78, 5) is 2.69. The average molecular weight is 226 g/mol. The molecule has 1 N–H and O–H groups in total. The lowest BCUT2D eigenvalue weighted by molar-refractivity contribution is 0.0661. The third kappa shape index (κ3) is 3.19. The van der Waals surface area contributed by atoms with Crippen LogP contribution in [-0.4, -0.2) is 50.8 Å². The minimum Gasteiger partial charge on any atom is -0.384 e. The Morgan fingerprint density at radius 2 is 2.00 bits per heavy atom. The van der Waals surface area contributed by atoms with Gasteiger partial charge in [-0.05, 0) is 50.7 Å². The van der Waals surface area contributed by atoms with Crippen molar-refractivity contribution in [2.75, 3.05) is 39.9 Å². The molecule has 3 nitrogen and oxygen atoms in total. The first kappa shape index (κ1) is 12.3. The van der Waals surface area contributed by atoms with Crippen LogP contribution < -0.4 is 5.32 Å². The van der Waals surface area contributed by atoms with E-state index in [1.807, 2.05) is 7.11 Å². The molecule has 2 aliphatic heterocycles. The molecule has 2 aliphatic rings. The molecule has 0 bridgehead atoms. The highest BCUT2D eigenvalue weighted by atomic mass is 16.5. The lowest BCUT2D eigenvalue weighted by Crippen LogP contribution is -2.51. The Balaban J connectivity index is 1.75. The van der Waals surface area contributed by atoms with E-state index < -0.39 is 0 Å². The first-order chi connectivity index (χ1) is 7.79. The number of nitrogens with zero attached hydrogens (tertiary/aromatic N) is 1. The first-order valence-electron chi connectivity index (χ1n) is 6.73. The number of hydrogen-bond acceptors (Lipinski definition) is 3. The maximum Gasteiger partial charge on any atom is 0.0491 e. The van der Waals surface area contributed by atoms with E-state index in [1.54, 1.807) is 0 Å². The van der Waals surface area contributed by atoms with Crippen molar-refractivity contribution >= 4 is 0 Å². The predicted octanol–water partition coefficient (Wildman–Crippen LogP) is 1.34. The number of nitrogens with one attached hydrogen (secondary N) is 1. The van der Waals surface area contributed by atoms with E-state index in [0.717, 1.165) is 24.5 Å². The largest absolute Gasteiger partial charge is 0.384 e. The van der Waals surface area contributed by atoms with Crippen molar-refractivity contribution in [3.8, 4) is 0 Å². The van der Waals surface area contributed by atoms with Crippen molar-refractivity contribution in [2.24, 2.45) is 11.8 Å². The van der Waals surface area contributed by atoms with Crippen molar-refractivity contribution in [3.63, 3.8) is 0 Å². The summed E-state index contributed by atoms with van der Waals surface area (Å²) in [5.41, 5.74) is 0. The zero-order valence-corrected chi connectivity index (χ0v) is 10.7. The van der Waals surface area contributed by atoms with E-state index in [2.05, 4.69) is 17.1 Å². The summed E-state index contributed by atoms with van der Waals surface area (Å²) in [6, 6.07) is 0.784. The van der Waals surface area contributed by atoms with Crippen LogP contribution in [0.4, 0.5) is 0 Å². The summed E-state index contributed by atoms with van der Waals surface area (Å²) >= 11 is 0. The molecule has 0 radical (unpaired) electrons. The van der Waals surface area contributed by atoms with Crippen LogP contribution in [-0.2, 0) is 4.74 Å². The summed E-state index contributed by atoms with van der Waals surface area (Å²) in [6.45, 7) is 8.25. The molecule has 0 aromatic carbocycles. The third-order valence-corrected chi connectivity index (χ3v) is 4.12. The minimum absolute atomic E-state index is 0.784. The van der Waals surface area contributed by atoms with Crippen LogP contribution in [0.1, 0.15) is 26.2 Å². The summed E-state index contributed by atoms with van der Waals surface area (Å²) in [5.74, 6) is 1.64. The normalized spacial score (nSPS) is 34.1. The molecule has 94 valence electrons. The highest BCUT2D eigenvalue weighted by Crippen LogP contribution is 2.23. The van der Waals surface area contributed by atoms with Crippen LogP contribution in [0.2, 0.25) is 0 Å². The van der Waals surface area contributed by atoms with E-state index in [4.69, 9.17) is 4.74 Å². The fourth-order valence-corrected chi connectivity index (χ4v) is 3.13. The zero-order chi connectivity index (χ0) is 11.4. The zero-order valence-electron chi connectivity index (χ0n) is 10.7. The number of methoxy groups -OCH3 is 1. The molecule has 0 saturated carbocycles. The van der Waals surface area contributed by atoms with Gasteiger partial charge < -0.3 is 10.1 Å². The molecule has 0 aromatic heterocycles. The van der Waals surface area contributed by atoms with Crippen LogP contribution >= 0.6 is 0 Å². The topological polar surface area (TPSA) is 24.5 Å². The summed E-state index contributed by atoms with van der Waals surface area (Å²) in [5, 5.41) is 3.55. The lowest BCUT2D eigenvalue weighted by atomic mass is 9.92. The minimum atomic E-state index is 0.784. The molecule has 0 amide bonds. The standard InChI is InChI=1S/C13H26N2O/c1-11-7-13(9-14-8-11)15-5-3-12(4-6-15)10-16-2/h11-14H,3-10H2,1-2H3. The molecule has 2 rings (SSSR count). The molecular formula is C13H26N2O. The van der Waals surface area contributed by atoms with Crippen LogP contribution in [0.15, 0.2) is 0 Å². The van der Waals surface area contributed by atoms with E-state index in [0.29, 0.717) is 0 Å². The summed E-state index contributed by atoms with van der Waals surface area (Å²) in [7, 11) is 1.82. The maximum absolute atomic E-state index is 5.25. The van der Waals surface area contributed by atoms with Crippen molar-refractivity contribution < 1.29 is 4.74 Å². The fraction of sp³-hybridized carbons (Fsp3) is 1.00. The van der Waals surface area contributed by atoms with Gasteiger partial charge in [0.1, 0.15) is 0 Å². The highest BCUT2D eigenvalue weighted by molar-refractivity contribution is 4.84. The number of ether oxygens (including phenoxy) is 1. The molecular weight excluding hydrogens is 200 g/mol. The smallest absolute Gasteiger partial charge is 0.0491 e. The molecule has 0 spiro atoms. The van der Waals surface area contributed by atoms with Gasteiger partial charge in [0.25, 0.3) is 0 Å². The SMILES string of the molecule is COCC1CCN(C2CNCC(C)C2)CC1. The fourth-order valence-electron chi connectivity index (χ4n) is 3.13. The first-order valence-corrected chi connectivity index (χ1v) is 6.73. The van der Waals surface area contributed by atoms with Gasteiger partial charge in [-0.2, -0.15) is 0 Å². The van der Waals surface area contributed by atoms with Gasteiger partial charge in [0, 0.05) is 26.3 Å². The molecule has 0 aromatic rings. The Bertz CT molecular complexity index is 202. The van der Waals surface area contributed by atoms with Crippen molar-refractivity contribution in [3.05, 3.63) is 0 Å². The molecule has 2 unspecified atom stereocenters. The Morgan fingerprint density at radius 1 is 1.25 bits per heavy atom. The summed E-state index contributed by atoms with van der Waals surface area (Å²) in [6.07, 6.45) is 4.01. The molecule has 2 heterocycles. The number of hydrogen-bond donors (Lipinski definition) is 1. The van der Waals surface area contributed by atoms with Crippen LogP contribution in [0.25, 0.3) is 0 Å². The van der Waals surface area contributed by atoms with Gasteiger partial charge in [0.2, 0.25) is 0 Å². The molecule has 2 atom stereocenters. The van der Waals surface area contributed by atoms with Crippen molar-refractivity contribution in [1.29, 1.82) is 0 Å². The monoisotopic (exact) mass is 226 g/mol. The Kier molecular flexibility index (Phi) is 4.62. The van der Waals surface area contributed by atoms with Gasteiger partial charge >= 0.3 is 0 Å². The van der Waals surface area contributed by atoms with Crippen molar-refractivity contribution in [2.45, 2.75) is 32.2 Å². The summed E-state index contributed by atoms with van der Waals surface area (Å²) < 4.78 is 5.25. The van der Waals surface area contributed by atoms with Crippen LogP contribution in [0.3, 0.4) is 0 Å². The van der Waals surface area contributed by atoms with Gasteiger partial charge in [0.05, 0.1) is 0 Å². The Hall–Kier alpha value is -0.120. The quantitative estimate of drug-likeness (QED) is 0.786. The molecule has 3 heteroatoms. The highest BCUT2D eigenvalue weighted by Gasteiger charge is 2.27. The van der Waals surface area contributed by atoms with Crippen LogP contribution in [0, 0.1) is 11.8 Å². The van der Waals surface area contributed by atoms with E-state index >= 15 is 0 Å². The molecule has 0 aliphatic carbocycles. The van der Waals surface area contributed by atoms with Gasteiger partial charge in [-0.25, -0.2) is 0 Å². The van der Waals surface area contributed by atoms with Crippen LogP contribution in [0.5, 0.6) is 0 Å². The number of rotatable bonds is 3.